The average Bonchev–Trinajstić information content (AvgIpc) is 2.70. The zero-order valence-electron chi connectivity index (χ0n) is 9.42. The first-order chi connectivity index (χ1) is 8.75. The van der Waals surface area contributed by atoms with Gasteiger partial charge in [0.1, 0.15) is 5.75 Å². The summed E-state index contributed by atoms with van der Waals surface area (Å²) in [7, 11) is 0. The van der Waals surface area contributed by atoms with Gasteiger partial charge < -0.3 is 5.11 Å². The van der Waals surface area contributed by atoms with Crippen LogP contribution in [0.3, 0.4) is 0 Å². The predicted octanol–water partition coefficient (Wildman–Crippen LogP) is 2.75. The van der Waals surface area contributed by atoms with Crippen LogP contribution in [0.25, 0.3) is 27.2 Å². The van der Waals surface area contributed by atoms with Gasteiger partial charge in [0.05, 0.1) is 11.0 Å². The number of pyridine rings is 1. The van der Waals surface area contributed by atoms with E-state index < -0.39 is 0 Å². The molecule has 1 N–H and O–H groups in total. The lowest BCUT2D eigenvalue weighted by Crippen LogP contribution is -2.09. The Bertz CT molecular complexity index is 953. The van der Waals surface area contributed by atoms with Crippen molar-refractivity contribution in [2.24, 2.45) is 0 Å². The standard InChI is InChI=1S/C15H9NO2/c17-10-5-6-13-12(8-10)11-3-1-2-9-4-7-14(18)16(13)15(9)11/h1-8,17H. The predicted molar refractivity (Wildman–Crippen MR) is 71.5 cm³/mol. The van der Waals surface area contributed by atoms with Crippen molar-refractivity contribution in [3.05, 3.63) is 58.9 Å². The maximum Gasteiger partial charge on any atom is 0.255 e. The number of hydrogen-bond acceptors (Lipinski definition) is 2. The van der Waals surface area contributed by atoms with Crippen LogP contribution in [-0.4, -0.2) is 9.51 Å². The van der Waals surface area contributed by atoms with Gasteiger partial charge in [-0.2, -0.15) is 0 Å². The van der Waals surface area contributed by atoms with E-state index in [4.69, 9.17) is 0 Å². The van der Waals surface area contributed by atoms with Crippen molar-refractivity contribution in [3.8, 4) is 5.75 Å². The summed E-state index contributed by atoms with van der Waals surface area (Å²) >= 11 is 0. The minimum Gasteiger partial charge on any atom is -0.508 e. The number of phenolic OH excluding ortho intramolecular Hbond substituents is 1. The van der Waals surface area contributed by atoms with E-state index in [0.717, 1.165) is 27.2 Å². The lowest BCUT2D eigenvalue weighted by molar-refractivity contribution is 0.476. The molecule has 0 unspecified atom stereocenters. The highest BCUT2D eigenvalue weighted by atomic mass is 16.3. The molecule has 0 saturated heterocycles. The SMILES string of the molecule is O=c1ccc2cccc3c4cc(O)ccc4n1c23. The molecule has 4 rings (SSSR count). The molecular formula is C15H9NO2. The molecular weight excluding hydrogens is 226 g/mol. The molecule has 4 aromatic rings. The number of aromatic hydroxyl groups is 1. The highest BCUT2D eigenvalue weighted by Crippen LogP contribution is 2.32. The number of para-hydroxylation sites is 1. The van der Waals surface area contributed by atoms with Crippen molar-refractivity contribution in [1.82, 2.24) is 4.40 Å². The van der Waals surface area contributed by atoms with Crippen molar-refractivity contribution in [1.29, 1.82) is 0 Å². The second-order valence-electron chi connectivity index (χ2n) is 4.45. The number of fused-ring (bicyclic) bond motifs is 3. The number of aromatic nitrogens is 1. The third-order valence-corrected chi connectivity index (χ3v) is 3.43. The summed E-state index contributed by atoms with van der Waals surface area (Å²) in [5.41, 5.74) is 1.72. The molecule has 0 radical (unpaired) electrons. The first kappa shape index (κ1) is 9.48. The maximum atomic E-state index is 12.0. The molecule has 18 heavy (non-hydrogen) atoms. The zero-order chi connectivity index (χ0) is 12.3. The lowest BCUT2D eigenvalue weighted by Gasteiger charge is -1.98. The van der Waals surface area contributed by atoms with Gasteiger partial charge in [-0.1, -0.05) is 18.2 Å². The Labute approximate surface area is 102 Å². The van der Waals surface area contributed by atoms with Crippen LogP contribution >= 0.6 is 0 Å². The van der Waals surface area contributed by atoms with Crippen LogP contribution < -0.4 is 5.56 Å². The smallest absolute Gasteiger partial charge is 0.255 e. The van der Waals surface area contributed by atoms with E-state index in [2.05, 4.69) is 0 Å². The minimum atomic E-state index is -0.0422. The van der Waals surface area contributed by atoms with Crippen LogP contribution in [0.1, 0.15) is 0 Å². The third kappa shape index (κ3) is 1.01. The molecule has 3 heteroatoms. The molecule has 0 amide bonds. The Kier molecular flexibility index (Phi) is 1.59. The van der Waals surface area contributed by atoms with Crippen LogP contribution in [0.15, 0.2) is 53.3 Å². The molecule has 2 heterocycles. The molecule has 0 spiro atoms. The highest BCUT2D eigenvalue weighted by molar-refractivity contribution is 6.13. The Morgan fingerprint density at radius 1 is 0.944 bits per heavy atom. The molecule has 0 aliphatic rings. The van der Waals surface area contributed by atoms with Crippen LogP contribution in [0, 0.1) is 0 Å². The molecule has 2 aromatic carbocycles. The average molecular weight is 235 g/mol. The van der Waals surface area contributed by atoms with Crippen LogP contribution in [-0.2, 0) is 0 Å². The summed E-state index contributed by atoms with van der Waals surface area (Å²) in [4.78, 5) is 12.0. The fourth-order valence-electron chi connectivity index (χ4n) is 2.68. The van der Waals surface area contributed by atoms with Gasteiger partial charge in [0.25, 0.3) is 5.56 Å². The van der Waals surface area contributed by atoms with Crippen molar-refractivity contribution in [3.63, 3.8) is 0 Å². The molecule has 0 aliphatic carbocycles. The monoisotopic (exact) mass is 235 g/mol. The molecule has 86 valence electrons. The van der Waals surface area contributed by atoms with Gasteiger partial charge in [0, 0.05) is 16.8 Å². The molecule has 0 bridgehead atoms. The Morgan fingerprint density at radius 2 is 1.83 bits per heavy atom. The van der Waals surface area contributed by atoms with Gasteiger partial charge in [-0.3, -0.25) is 9.20 Å². The lowest BCUT2D eigenvalue weighted by atomic mass is 10.1. The zero-order valence-corrected chi connectivity index (χ0v) is 9.42. The second kappa shape index (κ2) is 3.01. The quantitative estimate of drug-likeness (QED) is 0.509. The molecule has 3 nitrogen and oxygen atoms in total. The molecule has 0 saturated carbocycles. The summed E-state index contributed by atoms with van der Waals surface area (Å²) in [5.74, 6) is 0.214. The van der Waals surface area contributed by atoms with Crippen LogP contribution in [0.4, 0.5) is 0 Å². The Morgan fingerprint density at radius 3 is 2.72 bits per heavy atom. The first-order valence-electron chi connectivity index (χ1n) is 5.74. The van der Waals surface area contributed by atoms with Gasteiger partial charge >= 0.3 is 0 Å². The van der Waals surface area contributed by atoms with E-state index in [9.17, 15) is 9.90 Å². The van der Waals surface area contributed by atoms with Gasteiger partial charge in [0.2, 0.25) is 0 Å². The number of rotatable bonds is 0. The van der Waals surface area contributed by atoms with Crippen LogP contribution in [0.5, 0.6) is 5.75 Å². The van der Waals surface area contributed by atoms with Gasteiger partial charge in [-0.25, -0.2) is 0 Å². The molecule has 0 fully saturated rings. The number of hydrogen-bond donors (Lipinski definition) is 1. The van der Waals surface area contributed by atoms with Crippen molar-refractivity contribution >= 4 is 27.2 Å². The summed E-state index contributed by atoms with van der Waals surface area (Å²) in [6, 6.07) is 14.4. The molecule has 0 aliphatic heterocycles. The number of nitrogens with zero attached hydrogens (tertiary/aromatic N) is 1. The molecule has 2 aromatic heterocycles. The van der Waals surface area contributed by atoms with E-state index in [1.807, 2.05) is 24.3 Å². The number of phenols is 1. The summed E-state index contributed by atoms with van der Waals surface area (Å²) < 4.78 is 1.71. The van der Waals surface area contributed by atoms with E-state index in [-0.39, 0.29) is 11.3 Å². The molecule has 0 atom stereocenters. The largest absolute Gasteiger partial charge is 0.508 e. The first-order valence-corrected chi connectivity index (χ1v) is 5.74. The minimum absolute atomic E-state index is 0.0422. The Balaban J connectivity index is 2.51. The van der Waals surface area contributed by atoms with Gasteiger partial charge in [0.15, 0.2) is 0 Å². The van der Waals surface area contributed by atoms with E-state index >= 15 is 0 Å². The Hall–Kier alpha value is -2.55. The van der Waals surface area contributed by atoms with Crippen molar-refractivity contribution in [2.45, 2.75) is 0 Å². The fourth-order valence-corrected chi connectivity index (χ4v) is 2.68. The maximum absolute atomic E-state index is 12.0. The highest BCUT2D eigenvalue weighted by Gasteiger charge is 2.12. The summed E-state index contributed by atoms with van der Waals surface area (Å²) in [5, 5.41) is 12.5. The van der Waals surface area contributed by atoms with Crippen molar-refractivity contribution < 1.29 is 5.11 Å². The van der Waals surface area contributed by atoms with Crippen LogP contribution in [0.2, 0.25) is 0 Å². The third-order valence-electron chi connectivity index (χ3n) is 3.43. The van der Waals surface area contributed by atoms with E-state index in [1.54, 1.807) is 28.7 Å². The van der Waals surface area contributed by atoms with E-state index in [1.165, 1.54) is 0 Å². The second-order valence-corrected chi connectivity index (χ2v) is 4.45. The van der Waals surface area contributed by atoms with E-state index in [0.29, 0.717) is 0 Å². The fraction of sp³-hybridized carbons (Fsp3) is 0. The van der Waals surface area contributed by atoms with Gasteiger partial charge in [-0.15, -0.1) is 0 Å². The topological polar surface area (TPSA) is 41.7 Å². The number of benzene rings is 2. The summed E-state index contributed by atoms with van der Waals surface area (Å²) in [6.45, 7) is 0. The van der Waals surface area contributed by atoms with Gasteiger partial charge in [-0.05, 0) is 29.7 Å². The van der Waals surface area contributed by atoms with Crippen molar-refractivity contribution in [2.75, 3.05) is 0 Å². The summed E-state index contributed by atoms with van der Waals surface area (Å²) in [6.07, 6.45) is 0. The normalized spacial score (nSPS) is 11.8.